The van der Waals surface area contributed by atoms with Crippen molar-refractivity contribution in [3.8, 4) is 11.5 Å². The standard InChI is InChI=1S/C15H18ClNO2S/c1-3-18-12-6-5-10(9-13(12)19-4-2)14(17)15-11(16)7-8-20-15/h5-9,14H,3-4,17H2,1-2H3. The molecule has 1 aromatic carbocycles. The molecule has 1 unspecified atom stereocenters. The van der Waals surface area contributed by atoms with Gasteiger partial charge in [-0.1, -0.05) is 17.7 Å². The molecule has 0 fully saturated rings. The highest BCUT2D eigenvalue weighted by atomic mass is 35.5. The number of hydrogen-bond acceptors (Lipinski definition) is 4. The maximum Gasteiger partial charge on any atom is 0.161 e. The van der Waals surface area contributed by atoms with Crippen LogP contribution in [0.4, 0.5) is 0 Å². The fourth-order valence-electron chi connectivity index (χ4n) is 1.94. The van der Waals surface area contributed by atoms with Crippen LogP contribution in [0.1, 0.15) is 30.3 Å². The molecule has 1 atom stereocenters. The molecule has 0 saturated heterocycles. The van der Waals surface area contributed by atoms with Crippen molar-refractivity contribution in [1.82, 2.24) is 0 Å². The van der Waals surface area contributed by atoms with Crippen LogP contribution in [0.25, 0.3) is 0 Å². The summed E-state index contributed by atoms with van der Waals surface area (Å²) >= 11 is 7.70. The van der Waals surface area contributed by atoms with E-state index in [1.54, 1.807) is 11.3 Å². The highest BCUT2D eigenvalue weighted by Crippen LogP contribution is 2.35. The Morgan fingerprint density at radius 1 is 1.15 bits per heavy atom. The number of benzene rings is 1. The zero-order valence-corrected chi connectivity index (χ0v) is 13.1. The molecule has 0 aliphatic rings. The van der Waals surface area contributed by atoms with Crippen molar-refractivity contribution in [3.05, 3.63) is 45.1 Å². The minimum Gasteiger partial charge on any atom is -0.490 e. The van der Waals surface area contributed by atoms with Gasteiger partial charge in [0.15, 0.2) is 11.5 Å². The van der Waals surface area contributed by atoms with Gasteiger partial charge in [-0.15, -0.1) is 11.3 Å². The van der Waals surface area contributed by atoms with Crippen LogP contribution < -0.4 is 15.2 Å². The van der Waals surface area contributed by atoms with E-state index in [9.17, 15) is 0 Å². The number of hydrogen-bond donors (Lipinski definition) is 1. The van der Waals surface area contributed by atoms with Crippen LogP contribution in [0.2, 0.25) is 5.02 Å². The molecule has 108 valence electrons. The number of halogens is 1. The van der Waals surface area contributed by atoms with Gasteiger partial charge in [0.05, 0.1) is 24.3 Å². The van der Waals surface area contributed by atoms with Gasteiger partial charge >= 0.3 is 0 Å². The highest BCUT2D eigenvalue weighted by molar-refractivity contribution is 7.10. The third-order valence-electron chi connectivity index (χ3n) is 2.85. The lowest BCUT2D eigenvalue weighted by Crippen LogP contribution is -2.11. The first-order valence-electron chi connectivity index (χ1n) is 6.55. The van der Waals surface area contributed by atoms with E-state index in [1.807, 2.05) is 43.5 Å². The zero-order chi connectivity index (χ0) is 14.5. The Hall–Kier alpha value is -1.23. The summed E-state index contributed by atoms with van der Waals surface area (Å²) in [5.41, 5.74) is 7.24. The van der Waals surface area contributed by atoms with Crippen LogP contribution in [-0.4, -0.2) is 13.2 Å². The van der Waals surface area contributed by atoms with Crippen LogP contribution >= 0.6 is 22.9 Å². The molecule has 0 bridgehead atoms. The molecule has 0 saturated carbocycles. The molecule has 20 heavy (non-hydrogen) atoms. The van der Waals surface area contributed by atoms with Crippen LogP contribution in [0.15, 0.2) is 29.6 Å². The van der Waals surface area contributed by atoms with Crippen LogP contribution in [0.5, 0.6) is 11.5 Å². The predicted molar refractivity (Wildman–Crippen MR) is 84.1 cm³/mol. The number of nitrogens with two attached hydrogens (primary N) is 1. The van der Waals surface area contributed by atoms with Crippen LogP contribution in [0, 0.1) is 0 Å². The average Bonchev–Trinajstić information content (AvgIpc) is 2.86. The second kappa shape index (κ2) is 6.97. The van der Waals surface area contributed by atoms with E-state index in [1.165, 1.54) is 0 Å². The Bertz CT molecular complexity index is 571. The van der Waals surface area contributed by atoms with E-state index < -0.39 is 0 Å². The molecule has 1 aromatic heterocycles. The molecule has 0 amide bonds. The van der Waals surface area contributed by atoms with E-state index in [0.717, 1.165) is 21.9 Å². The van der Waals surface area contributed by atoms with Gasteiger partial charge in [-0.2, -0.15) is 0 Å². The summed E-state index contributed by atoms with van der Waals surface area (Å²) in [5, 5.41) is 2.64. The molecule has 1 heterocycles. The summed E-state index contributed by atoms with van der Waals surface area (Å²) < 4.78 is 11.2. The smallest absolute Gasteiger partial charge is 0.161 e. The molecule has 2 aromatic rings. The third-order valence-corrected chi connectivity index (χ3v) is 4.30. The fraction of sp³-hybridized carbons (Fsp3) is 0.333. The summed E-state index contributed by atoms with van der Waals surface area (Å²) in [7, 11) is 0. The van der Waals surface area contributed by atoms with Crippen molar-refractivity contribution in [2.45, 2.75) is 19.9 Å². The number of ether oxygens (including phenoxy) is 2. The van der Waals surface area contributed by atoms with Gasteiger partial charge < -0.3 is 15.2 Å². The normalized spacial score (nSPS) is 12.2. The topological polar surface area (TPSA) is 44.5 Å². The molecular formula is C15H18ClNO2S. The van der Waals surface area contributed by atoms with E-state index in [4.69, 9.17) is 26.8 Å². The minimum atomic E-state index is -0.252. The molecule has 0 radical (unpaired) electrons. The summed E-state index contributed by atoms with van der Waals surface area (Å²) in [5.74, 6) is 1.46. The SMILES string of the molecule is CCOc1ccc(C(N)c2sccc2Cl)cc1OCC. The Morgan fingerprint density at radius 3 is 2.45 bits per heavy atom. The molecular weight excluding hydrogens is 294 g/mol. The first-order chi connectivity index (χ1) is 9.67. The second-order valence-electron chi connectivity index (χ2n) is 4.18. The van der Waals surface area contributed by atoms with E-state index in [2.05, 4.69) is 0 Å². The van der Waals surface area contributed by atoms with Gasteiger partial charge in [-0.25, -0.2) is 0 Å². The second-order valence-corrected chi connectivity index (χ2v) is 5.54. The summed E-state index contributed by atoms with van der Waals surface area (Å²) in [6, 6.07) is 7.38. The summed E-state index contributed by atoms with van der Waals surface area (Å²) in [6.07, 6.45) is 0. The minimum absolute atomic E-state index is 0.252. The van der Waals surface area contributed by atoms with Gasteiger partial charge in [-0.05, 0) is 43.0 Å². The van der Waals surface area contributed by atoms with Gasteiger partial charge in [0.2, 0.25) is 0 Å². The van der Waals surface area contributed by atoms with Crippen molar-refractivity contribution >= 4 is 22.9 Å². The molecule has 0 aliphatic carbocycles. The van der Waals surface area contributed by atoms with Gasteiger partial charge in [0.25, 0.3) is 0 Å². The molecule has 2 rings (SSSR count). The van der Waals surface area contributed by atoms with E-state index in [0.29, 0.717) is 18.2 Å². The quantitative estimate of drug-likeness (QED) is 0.867. The van der Waals surface area contributed by atoms with Crippen LogP contribution in [0.3, 0.4) is 0 Å². The van der Waals surface area contributed by atoms with Gasteiger partial charge in [-0.3, -0.25) is 0 Å². The molecule has 0 spiro atoms. The Morgan fingerprint density at radius 2 is 1.85 bits per heavy atom. The largest absolute Gasteiger partial charge is 0.490 e. The monoisotopic (exact) mass is 311 g/mol. The Labute approximate surface area is 128 Å². The number of rotatable bonds is 6. The first kappa shape index (κ1) is 15.2. The van der Waals surface area contributed by atoms with Crippen molar-refractivity contribution in [2.75, 3.05) is 13.2 Å². The lowest BCUT2D eigenvalue weighted by molar-refractivity contribution is 0.287. The Kier molecular flexibility index (Phi) is 5.29. The van der Waals surface area contributed by atoms with Gasteiger partial charge in [0.1, 0.15) is 0 Å². The highest BCUT2D eigenvalue weighted by Gasteiger charge is 2.16. The molecule has 5 heteroatoms. The summed E-state index contributed by atoms with van der Waals surface area (Å²) in [6.45, 7) is 5.07. The predicted octanol–water partition coefficient (Wildman–Crippen LogP) is 4.25. The molecule has 0 aliphatic heterocycles. The fourth-order valence-corrected chi connectivity index (χ4v) is 3.14. The van der Waals surface area contributed by atoms with E-state index >= 15 is 0 Å². The third kappa shape index (κ3) is 3.26. The van der Waals surface area contributed by atoms with Crippen molar-refractivity contribution in [2.24, 2.45) is 5.73 Å². The number of thiophene rings is 1. The van der Waals surface area contributed by atoms with Crippen molar-refractivity contribution in [1.29, 1.82) is 0 Å². The van der Waals surface area contributed by atoms with Crippen LogP contribution in [-0.2, 0) is 0 Å². The molecule has 2 N–H and O–H groups in total. The van der Waals surface area contributed by atoms with Crippen molar-refractivity contribution < 1.29 is 9.47 Å². The Balaban J connectivity index is 2.32. The lowest BCUT2D eigenvalue weighted by Gasteiger charge is -2.16. The zero-order valence-electron chi connectivity index (χ0n) is 11.6. The maximum atomic E-state index is 6.28. The average molecular weight is 312 g/mol. The van der Waals surface area contributed by atoms with Gasteiger partial charge in [0, 0.05) is 4.88 Å². The molecule has 3 nitrogen and oxygen atoms in total. The maximum absolute atomic E-state index is 6.28. The summed E-state index contributed by atoms with van der Waals surface area (Å²) in [4.78, 5) is 0.957. The van der Waals surface area contributed by atoms with Crippen molar-refractivity contribution in [3.63, 3.8) is 0 Å². The first-order valence-corrected chi connectivity index (χ1v) is 7.81. The lowest BCUT2D eigenvalue weighted by atomic mass is 10.1. The van der Waals surface area contributed by atoms with E-state index in [-0.39, 0.29) is 6.04 Å².